The maximum atomic E-state index is 11.6. The van der Waals surface area contributed by atoms with Crippen LogP contribution in [-0.4, -0.2) is 39.1 Å². The van der Waals surface area contributed by atoms with Crippen molar-refractivity contribution in [2.75, 3.05) is 18.5 Å². The average Bonchev–Trinajstić information content (AvgIpc) is 3.60. The van der Waals surface area contributed by atoms with E-state index in [4.69, 9.17) is 14.6 Å². The second-order valence-corrected chi connectivity index (χ2v) is 9.59. The minimum atomic E-state index is -0.988. The van der Waals surface area contributed by atoms with Crippen molar-refractivity contribution in [1.29, 1.82) is 0 Å². The van der Waals surface area contributed by atoms with Gasteiger partial charge in [0.25, 0.3) is 0 Å². The summed E-state index contributed by atoms with van der Waals surface area (Å²) < 4.78 is 13.9. The number of benzene rings is 1. The Morgan fingerprint density at radius 3 is 2.71 bits per heavy atom. The zero-order valence-corrected chi connectivity index (χ0v) is 19.5. The Hall–Kier alpha value is -3.39. The molecule has 0 atom stereocenters. The van der Waals surface area contributed by atoms with Crippen molar-refractivity contribution in [3.63, 3.8) is 0 Å². The minimum Gasteiger partial charge on any atom is -0.481 e. The van der Waals surface area contributed by atoms with Gasteiger partial charge in [-0.1, -0.05) is 12.1 Å². The molecule has 2 aliphatic rings. The maximum absolute atomic E-state index is 11.6. The highest BCUT2D eigenvalue weighted by Gasteiger charge is 2.30. The molecule has 8 nitrogen and oxygen atoms in total. The number of rotatable bonds is 8. The summed E-state index contributed by atoms with van der Waals surface area (Å²) in [6.45, 7) is 4.89. The fraction of sp³-hybridized carbons (Fsp3) is 0.423. The first-order chi connectivity index (χ1) is 16.4. The van der Waals surface area contributed by atoms with E-state index in [9.17, 15) is 9.90 Å². The third kappa shape index (κ3) is 4.77. The molecule has 2 fully saturated rings. The van der Waals surface area contributed by atoms with E-state index in [1.54, 1.807) is 20.0 Å². The van der Waals surface area contributed by atoms with Gasteiger partial charge in [0.05, 0.1) is 17.7 Å². The fourth-order valence-corrected chi connectivity index (χ4v) is 4.17. The molecule has 5 rings (SSSR count). The monoisotopic (exact) mass is 462 g/mol. The molecule has 0 bridgehead atoms. The Morgan fingerprint density at radius 1 is 1.18 bits per heavy atom. The fourth-order valence-electron chi connectivity index (χ4n) is 4.17. The summed E-state index contributed by atoms with van der Waals surface area (Å²) >= 11 is 0. The SMILES string of the molecule is CC(C)(C(=O)O)c1cccc(Nc2cc(Oc3cn(C4CC4)nc3C3CCOCC3)ccn2)c1. The zero-order chi connectivity index (χ0) is 23.7. The molecule has 1 saturated heterocycles. The molecular weight excluding hydrogens is 432 g/mol. The van der Waals surface area contributed by atoms with Crippen molar-refractivity contribution < 1.29 is 19.4 Å². The van der Waals surface area contributed by atoms with Crippen LogP contribution in [0.2, 0.25) is 0 Å². The van der Waals surface area contributed by atoms with E-state index < -0.39 is 11.4 Å². The lowest BCUT2D eigenvalue weighted by molar-refractivity contribution is -0.142. The van der Waals surface area contributed by atoms with E-state index in [1.807, 2.05) is 42.6 Å². The molecule has 178 valence electrons. The van der Waals surface area contributed by atoms with Crippen LogP contribution in [0.5, 0.6) is 11.5 Å². The van der Waals surface area contributed by atoms with E-state index in [0.29, 0.717) is 29.1 Å². The molecule has 1 saturated carbocycles. The second kappa shape index (κ2) is 9.10. The van der Waals surface area contributed by atoms with Crippen LogP contribution in [0, 0.1) is 0 Å². The number of pyridine rings is 1. The first kappa shape index (κ1) is 22.4. The van der Waals surface area contributed by atoms with Crippen LogP contribution in [0.4, 0.5) is 11.5 Å². The second-order valence-electron chi connectivity index (χ2n) is 9.59. The van der Waals surface area contributed by atoms with Crippen molar-refractivity contribution in [3.05, 3.63) is 60.0 Å². The van der Waals surface area contributed by atoms with Crippen molar-refractivity contribution >= 4 is 17.5 Å². The number of carboxylic acids is 1. The van der Waals surface area contributed by atoms with Gasteiger partial charge < -0.3 is 19.9 Å². The summed E-state index contributed by atoms with van der Waals surface area (Å²) in [6, 6.07) is 11.5. The third-order valence-electron chi connectivity index (χ3n) is 6.60. The molecule has 0 radical (unpaired) electrons. The van der Waals surface area contributed by atoms with Crippen LogP contribution in [0.25, 0.3) is 0 Å². The number of hydrogen-bond donors (Lipinski definition) is 2. The Labute approximate surface area is 198 Å². The van der Waals surface area contributed by atoms with Gasteiger partial charge >= 0.3 is 5.97 Å². The van der Waals surface area contributed by atoms with Gasteiger partial charge in [-0.05, 0) is 63.3 Å². The quantitative estimate of drug-likeness (QED) is 0.462. The molecule has 1 aliphatic carbocycles. The van der Waals surface area contributed by atoms with Gasteiger partial charge in [0.1, 0.15) is 17.3 Å². The largest absolute Gasteiger partial charge is 0.481 e. The number of hydrogen-bond acceptors (Lipinski definition) is 6. The molecular formula is C26H30N4O4. The lowest BCUT2D eigenvalue weighted by Gasteiger charge is -2.21. The standard InChI is InChI=1S/C26H30N4O4/c1-26(2,25(31)32)18-4-3-5-19(14-18)28-23-15-21(8-11-27-23)34-22-16-30(20-6-7-20)29-24(22)17-9-12-33-13-10-17/h3-5,8,11,14-17,20H,6-7,9-10,12-13H2,1-2H3,(H,27,28)(H,31,32). The van der Waals surface area contributed by atoms with Crippen LogP contribution >= 0.6 is 0 Å². The van der Waals surface area contributed by atoms with Crippen LogP contribution in [0.3, 0.4) is 0 Å². The van der Waals surface area contributed by atoms with Crippen LogP contribution in [0.15, 0.2) is 48.8 Å². The van der Waals surface area contributed by atoms with Crippen LogP contribution in [0.1, 0.15) is 62.7 Å². The van der Waals surface area contributed by atoms with E-state index in [-0.39, 0.29) is 0 Å². The molecule has 1 aromatic carbocycles. The summed E-state index contributed by atoms with van der Waals surface area (Å²) in [6.07, 6.45) is 7.94. The molecule has 0 amide bonds. The van der Waals surface area contributed by atoms with Crippen molar-refractivity contribution in [1.82, 2.24) is 14.8 Å². The van der Waals surface area contributed by atoms with E-state index in [2.05, 4.69) is 15.0 Å². The highest BCUT2D eigenvalue weighted by atomic mass is 16.5. The lowest BCUT2D eigenvalue weighted by Crippen LogP contribution is -2.28. The molecule has 0 spiro atoms. The summed E-state index contributed by atoms with van der Waals surface area (Å²) in [5.74, 6) is 1.54. The van der Waals surface area contributed by atoms with E-state index >= 15 is 0 Å². The maximum Gasteiger partial charge on any atom is 0.313 e. The summed E-state index contributed by atoms with van der Waals surface area (Å²) in [5.41, 5.74) is 1.50. The first-order valence-electron chi connectivity index (χ1n) is 11.8. The van der Waals surface area contributed by atoms with Gasteiger partial charge in [0, 0.05) is 37.1 Å². The summed E-state index contributed by atoms with van der Waals surface area (Å²) in [7, 11) is 0. The first-order valence-corrected chi connectivity index (χ1v) is 11.8. The molecule has 3 aromatic rings. The number of carbonyl (C=O) groups is 1. The Kier molecular flexibility index (Phi) is 6.00. The summed E-state index contributed by atoms with van der Waals surface area (Å²) in [4.78, 5) is 16.0. The lowest BCUT2D eigenvalue weighted by atomic mass is 9.84. The number of anilines is 2. The topological polar surface area (TPSA) is 98.5 Å². The molecule has 8 heteroatoms. The van der Waals surface area contributed by atoms with Gasteiger partial charge in [-0.15, -0.1) is 0 Å². The normalized spacial score (nSPS) is 16.9. The predicted octanol–water partition coefficient (Wildman–Crippen LogP) is 5.41. The Balaban J connectivity index is 1.36. The van der Waals surface area contributed by atoms with Gasteiger partial charge in [-0.2, -0.15) is 5.10 Å². The Morgan fingerprint density at radius 2 is 1.97 bits per heavy atom. The smallest absolute Gasteiger partial charge is 0.313 e. The van der Waals surface area contributed by atoms with E-state index in [1.165, 1.54) is 0 Å². The van der Waals surface area contributed by atoms with Crippen molar-refractivity contribution in [2.45, 2.75) is 56.9 Å². The molecule has 0 unspecified atom stereocenters. The van der Waals surface area contributed by atoms with Crippen LogP contribution < -0.4 is 10.1 Å². The molecule has 3 heterocycles. The highest BCUT2D eigenvalue weighted by molar-refractivity contribution is 5.81. The van der Waals surface area contributed by atoms with Crippen molar-refractivity contribution in [3.8, 4) is 11.5 Å². The molecule has 1 aliphatic heterocycles. The minimum absolute atomic E-state index is 0.337. The number of aromatic nitrogens is 3. The molecule has 34 heavy (non-hydrogen) atoms. The van der Waals surface area contributed by atoms with Gasteiger partial charge in [0.15, 0.2) is 5.75 Å². The van der Waals surface area contributed by atoms with Gasteiger partial charge in [-0.3, -0.25) is 9.48 Å². The third-order valence-corrected chi connectivity index (χ3v) is 6.60. The average molecular weight is 463 g/mol. The number of aliphatic carboxylic acids is 1. The number of carboxylic acid groups (broad SMARTS) is 1. The molecule has 2 aromatic heterocycles. The number of nitrogens with zero attached hydrogens (tertiary/aromatic N) is 3. The predicted molar refractivity (Wildman–Crippen MR) is 128 cm³/mol. The van der Waals surface area contributed by atoms with E-state index in [0.717, 1.165) is 56.0 Å². The summed E-state index contributed by atoms with van der Waals surface area (Å²) in [5, 5.41) is 17.7. The molecule has 2 N–H and O–H groups in total. The Bertz CT molecular complexity index is 1180. The highest BCUT2D eigenvalue weighted by Crippen LogP contribution is 2.40. The van der Waals surface area contributed by atoms with Crippen LogP contribution in [-0.2, 0) is 14.9 Å². The number of nitrogens with one attached hydrogen (secondary N) is 1. The zero-order valence-electron chi connectivity index (χ0n) is 19.5. The van der Waals surface area contributed by atoms with Gasteiger partial charge in [0.2, 0.25) is 0 Å². The number of ether oxygens (including phenoxy) is 2. The van der Waals surface area contributed by atoms with Gasteiger partial charge in [-0.25, -0.2) is 4.98 Å². The van der Waals surface area contributed by atoms with Crippen molar-refractivity contribution in [2.24, 2.45) is 0 Å².